The molecule has 1 aliphatic heterocycles. The van der Waals surface area contributed by atoms with Gasteiger partial charge in [-0.3, -0.25) is 4.79 Å². The van der Waals surface area contributed by atoms with Crippen LogP contribution in [0.15, 0.2) is 0 Å². The van der Waals surface area contributed by atoms with Gasteiger partial charge in [0.1, 0.15) is 5.00 Å². The maximum Gasteiger partial charge on any atom is 0.341 e. The number of nitrogens with one attached hydrogen (secondary N) is 2. The summed E-state index contributed by atoms with van der Waals surface area (Å²) >= 11 is 3.31. The molecule has 8 heteroatoms. The van der Waals surface area contributed by atoms with Gasteiger partial charge < -0.3 is 15.4 Å². The molecule has 1 unspecified atom stereocenters. The Hall–Kier alpha value is -0.760. The largest absolute Gasteiger partial charge is 0.462 e. The van der Waals surface area contributed by atoms with Crippen LogP contribution in [-0.4, -0.2) is 42.6 Å². The smallest absolute Gasteiger partial charge is 0.341 e. The van der Waals surface area contributed by atoms with Crippen LogP contribution >= 0.6 is 35.5 Å². The fourth-order valence-corrected chi connectivity index (χ4v) is 4.76. The van der Waals surface area contributed by atoms with Crippen molar-refractivity contribution < 1.29 is 14.3 Å². The van der Waals surface area contributed by atoms with Crippen LogP contribution in [-0.2, 0) is 16.0 Å². The van der Waals surface area contributed by atoms with E-state index < -0.39 is 0 Å². The van der Waals surface area contributed by atoms with Gasteiger partial charge in [-0.05, 0) is 25.8 Å². The van der Waals surface area contributed by atoms with Crippen LogP contribution in [0.1, 0.15) is 41.1 Å². The zero-order valence-corrected chi connectivity index (χ0v) is 16.7. The zero-order valence-electron chi connectivity index (χ0n) is 14.3. The third-order valence-corrected chi connectivity index (χ3v) is 5.92. The van der Waals surface area contributed by atoms with Gasteiger partial charge in [-0.2, -0.15) is 11.8 Å². The molecule has 1 saturated heterocycles. The maximum atomic E-state index is 12.3. The summed E-state index contributed by atoms with van der Waals surface area (Å²) < 4.78 is 5.16. The molecule has 0 saturated carbocycles. The summed E-state index contributed by atoms with van der Waals surface area (Å²) in [6.07, 6.45) is 1.17. The molecule has 2 heterocycles. The third kappa shape index (κ3) is 5.37. The van der Waals surface area contributed by atoms with Crippen LogP contribution < -0.4 is 10.6 Å². The first kappa shape index (κ1) is 21.3. The number of hydrogen-bond acceptors (Lipinski definition) is 6. The summed E-state index contributed by atoms with van der Waals surface area (Å²) in [5.41, 5.74) is 1.49. The van der Waals surface area contributed by atoms with Crippen molar-refractivity contribution in [2.75, 3.05) is 30.0 Å². The number of anilines is 1. The molecule has 1 atom stereocenters. The van der Waals surface area contributed by atoms with Crippen molar-refractivity contribution >= 4 is 52.4 Å². The standard InChI is InChI=1S/C16H24N2O3S2.ClH/c1-4-12-10(3)23-15(14(12)16(20)21-5-2)18-13(19)8-11-9-22-7-6-17-11;/h11,17H,4-9H2,1-3H3,(H,18,19);1H. The minimum absolute atomic E-state index is 0. The molecule has 0 radical (unpaired) electrons. The minimum Gasteiger partial charge on any atom is -0.462 e. The van der Waals surface area contributed by atoms with Crippen LogP contribution in [0, 0.1) is 6.92 Å². The van der Waals surface area contributed by atoms with E-state index in [4.69, 9.17) is 4.74 Å². The predicted octanol–water partition coefficient (Wildman–Crippen LogP) is 3.25. The van der Waals surface area contributed by atoms with E-state index in [1.54, 1.807) is 6.92 Å². The minimum atomic E-state index is -0.352. The number of ether oxygens (including phenoxy) is 1. The monoisotopic (exact) mass is 392 g/mol. The fourth-order valence-electron chi connectivity index (χ4n) is 2.66. The van der Waals surface area contributed by atoms with E-state index in [1.165, 1.54) is 11.3 Å². The number of carbonyl (C=O) groups is 2. The van der Waals surface area contributed by atoms with Gasteiger partial charge in [0.2, 0.25) is 5.91 Å². The van der Waals surface area contributed by atoms with E-state index in [9.17, 15) is 9.59 Å². The number of amides is 1. The molecule has 1 aromatic heterocycles. The molecule has 1 amide bonds. The first-order chi connectivity index (χ1) is 11.1. The summed E-state index contributed by atoms with van der Waals surface area (Å²) in [6, 6.07) is 0.200. The second-order valence-corrected chi connectivity index (χ2v) is 7.77. The molecule has 1 aromatic rings. The number of rotatable bonds is 6. The number of aryl methyl sites for hydroxylation is 1. The number of carbonyl (C=O) groups excluding carboxylic acids is 2. The highest BCUT2D eigenvalue weighted by molar-refractivity contribution is 7.99. The van der Waals surface area contributed by atoms with Gasteiger partial charge in [0, 0.05) is 35.4 Å². The van der Waals surface area contributed by atoms with Crippen LogP contribution in [0.5, 0.6) is 0 Å². The Morgan fingerprint density at radius 1 is 1.38 bits per heavy atom. The van der Waals surface area contributed by atoms with Gasteiger partial charge in [-0.25, -0.2) is 4.79 Å². The van der Waals surface area contributed by atoms with E-state index in [2.05, 4.69) is 10.6 Å². The highest BCUT2D eigenvalue weighted by atomic mass is 35.5. The molecule has 24 heavy (non-hydrogen) atoms. The molecular formula is C16H25ClN2O3S2. The molecular weight excluding hydrogens is 368 g/mol. The van der Waals surface area contributed by atoms with Crippen LogP contribution in [0.2, 0.25) is 0 Å². The number of thiophene rings is 1. The van der Waals surface area contributed by atoms with Crippen LogP contribution in [0.4, 0.5) is 5.00 Å². The van der Waals surface area contributed by atoms with E-state index in [0.717, 1.165) is 34.9 Å². The quantitative estimate of drug-likeness (QED) is 0.727. The van der Waals surface area contributed by atoms with Crippen molar-refractivity contribution in [3.05, 3.63) is 16.0 Å². The summed E-state index contributed by atoms with van der Waals surface area (Å²) in [4.78, 5) is 25.6. The average molecular weight is 393 g/mol. The highest BCUT2D eigenvalue weighted by Crippen LogP contribution is 2.34. The Morgan fingerprint density at radius 3 is 2.71 bits per heavy atom. The molecule has 0 aromatic carbocycles. The first-order valence-corrected chi connectivity index (χ1v) is 9.94. The maximum absolute atomic E-state index is 12.3. The Bertz CT molecular complexity index is 572. The summed E-state index contributed by atoms with van der Waals surface area (Å²) in [6.45, 7) is 7.03. The normalized spacial score (nSPS) is 17.0. The van der Waals surface area contributed by atoms with Gasteiger partial charge in [-0.15, -0.1) is 23.7 Å². The lowest BCUT2D eigenvalue weighted by Crippen LogP contribution is -2.39. The van der Waals surface area contributed by atoms with Gasteiger partial charge >= 0.3 is 5.97 Å². The second-order valence-electron chi connectivity index (χ2n) is 5.39. The van der Waals surface area contributed by atoms with Crippen molar-refractivity contribution in [1.29, 1.82) is 0 Å². The fraction of sp³-hybridized carbons (Fsp3) is 0.625. The molecule has 1 fully saturated rings. The van der Waals surface area contributed by atoms with Crippen LogP contribution in [0.3, 0.4) is 0 Å². The molecule has 2 rings (SSSR count). The topological polar surface area (TPSA) is 67.4 Å². The van der Waals surface area contributed by atoms with E-state index >= 15 is 0 Å². The second kappa shape index (κ2) is 10.3. The lowest BCUT2D eigenvalue weighted by Gasteiger charge is -2.22. The molecule has 0 aliphatic carbocycles. The average Bonchev–Trinajstić information content (AvgIpc) is 2.83. The van der Waals surface area contributed by atoms with Crippen LogP contribution in [0.25, 0.3) is 0 Å². The van der Waals surface area contributed by atoms with Crippen molar-refractivity contribution in [1.82, 2.24) is 5.32 Å². The molecule has 1 aliphatic rings. The Labute approximate surface area is 157 Å². The first-order valence-electron chi connectivity index (χ1n) is 7.97. The molecule has 5 nitrogen and oxygen atoms in total. The SMILES string of the molecule is CCOC(=O)c1c(NC(=O)CC2CSCCN2)sc(C)c1CC.Cl. The number of thioether (sulfide) groups is 1. The molecule has 0 spiro atoms. The Kier molecular flexibility index (Phi) is 9.12. The molecule has 2 N–H and O–H groups in total. The molecule has 0 bridgehead atoms. The Balaban J connectivity index is 0.00000288. The van der Waals surface area contributed by atoms with Gasteiger partial charge in [-0.1, -0.05) is 6.92 Å². The zero-order chi connectivity index (χ0) is 16.8. The molecule has 136 valence electrons. The summed E-state index contributed by atoms with van der Waals surface area (Å²) in [7, 11) is 0. The third-order valence-electron chi connectivity index (χ3n) is 3.73. The number of esters is 1. The van der Waals surface area contributed by atoms with Gasteiger partial charge in [0.05, 0.1) is 12.2 Å². The number of hydrogen-bond donors (Lipinski definition) is 2. The summed E-state index contributed by atoms with van der Waals surface area (Å²) in [5.74, 6) is 1.63. The predicted molar refractivity (Wildman–Crippen MR) is 104 cm³/mol. The van der Waals surface area contributed by atoms with Crippen molar-refractivity contribution in [3.8, 4) is 0 Å². The highest BCUT2D eigenvalue weighted by Gasteiger charge is 2.24. The van der Waals surface area contributed by atoms with Gasteiger partial charge in [0.25, 0.3) is 0 Å². The van der Waals surface area contributed by atoms with Crippen molar-refractivity contribution in [2.24, 2.45) is 0 Å². The Morgan fingerprint density at radius 2 is 2.12 bits per heavy atom. The van der Waals surface area contributed by atoms with E-state index in [0.29, 0.717) is 23.6 Å². The van der Waals surface area contributed by atoms with E-state index in [1.807, 2.05) is 25.6 Å². The lowest BCUT2D eigenvalue weighted by atomic mass is 10.1. The van der Waals surface area contributed by atoms with E-state index in [-0.39, 0.29) is 30.3 Å². The number of halogens is 1. The van der Waals surface area contributed by atoms with Crippen molar-refractivity contribution in [3.63, 3.8) is 0 Å². The van der Waals surface area contributed by atoms with Gasteiger partial charge in [0.15, 0.2) is 0 Å². The lowest BCUT2D eigenvalue weighted by molar-refractivity contribution is -0.116. The summed E-state index contributed by atoms with van der Waals surface area (Å²) in [5, 5.41) is 6.89. The van der Waals surface area contributed by atoms with Crippen molar-refractivity contribution in [2.45, 2.75) is 39.7 Å².